The van der Waals surface area contributed by atoms with Crippen LogP contribution in [0.25, 0.3) is 0 Å². The van der Waals surface area contributed by atoms with E-state index in [2.05, 4.69) is 9.71 Å². The Bertz CT molecular complexity index is 970. The number of aromatic nitrogens is 1. The summed E-state index contributed by atoms with van der Waals surface area (Å²) in [5.74, 6) is -1.92. The van der Waals surface area contributed by atoms with Gasteiger partial charge in [-0.3, -0.25) is 19.5 Å². The highest BCUT2D eigenvalue weighted by atomic mass is 32.2. The molecule has 0 unspecified atom stereocenters. The SMILES string of the molecule is CC(C)NS(=O)(=O)c1cc(F)ccc1CN1C(=O)c2cccnc2C1=O. The van der Waals surface area contributed by atoms with E-state index in [-0.39, 0.29) is 28.3 Å². The molecule has 0 spiro atoms. The lowest BCUT2D eigenvalue weighted by Crippen LogP contribution is -2.33. The van der Waals surface area contributed by atoms with Gasteiger partial charge in [0.25, 0.3) is 11.8 Å². The Morgan fingerprint density at radius 2 is 1.92 bits per heavy atom. The van der Waals surface area contributed by atoms with Crippen LogP contribution in [0.15, 0.2) is 41.4 Å². The molecule has 1 aromatic heterocycles. The molecule has 1 aromatic carbocycles. The predicted octanol–water partition coefficient (Wildman–Crippen LogP) is 1.70. The predicted molar refractivity (Wildman–Crippen MR) is 90.3 cm³/mol. The van der Waals surface area contributed by atoms with Crippen LogP contribution in [0, 0.1) is 5.82 Å². The molecule has 26 heavy (non-hydrogen) atoms. The van der Waals surface area contributed by atoms with Gasteiger partial charge in [0, 0.05) is 12.2 Å². The summed E-state index contributed by atoms with van der Waals surface area (Å²) >= 11 is 0. The van der Waals surface area contributed by atoms with Crippen LogP contribution in [0.5, 0.6) is 0 Å². The van der Waals surface area contributed by atoms with Crippen LogP contribution in [0.2, 0.25) is 0 Å². The van der Waals surface area contributed by atoms with Crippen LogP contribution in [0.3, 0.4) is 0 Å². The molecule has 0 fully saturated rings. The second kappa shape index (κ2) is 6.58. The van der Waals surface area contributed by atoms with Gasteiger partial charge < -0.3 is 0 Å². The highest BCUT2D eigenvalue weighted by Gasteiger charge is 2.37. The number of nitrogens with zero attached hydrogens (tertiary/aromatic N) is 2. The zero-order valence-electron chi connectivity index (χ0n) is 14.1. The van der Waals surface area contributed by atoms with Crippen molar-refractivity contribution in [1.82, 2.24) is 14.6 Å². The summed E-state index contributed by atoms with van der Waals surface area (Å²) in [7, 11) is -4.01. The third kappa shape index (κ3) is 3.23. The average Bonchev–Trinajstić information content (AvgIpc) is 2.80. The van der Waals surface area contributed by atoms with Crippen molar-refractivity contribution in [3.8, 4) is 0 Å². The van der Waals surface area contributed by atoms with Crippen molar-refractivity contribution >= 4 is 21.8 Å². The molecule has 1 N–H and O–H groups in total. The number of halogens is 1. The molecule has 2 aromatic rings. The minimum absolute atomic E-state index is 0.0179. The lowest BCUT2D eigenvalue weighted by Gasteiger charge is -2.18. The molecule has 0 atom stereocenters. The Balaban J connectivity index is 2.00. The standard InChI is InChI=1S/C17H16FN3O4S/c1-10(2)20-26(24,25)14-8-12(18)6-5-11(14)9-21-16(22)13-4-3-7-19-15(13)17(21)23/h3-8,10,20H,9H2,1-2H3. The Labute approximate surface area is 149 Å². The first-order valence-corrected chi connectivity index (χ1v) is 9.31. The molecule has 2 amide bonds. The van der Waals surface area contributed by atoms with Crippen LogP contribution in [0.1, 0.15) is 40.3 Å². The Morgan fingerprint density at radius 1 is 1.19 bits per heavy atom. The van der Waals surface area contributed by atoms with E-state index >= 15 is 0 Å². The van der Waals surface area contributed by atoms with E-state index in [9.17, 15) is 22.4 Å². The van der Waals surface area contributed by atoms with Gasteiger partial charge in [0.15, 0.2) is 0 Å². The number of amides is 2. The first kappa shape index (κ1) is 18.2. The van der Waals surface area contributed by atoms with Gasteiger partial charge in [-0.05, 0) is 43.7 Å². The largest absolute Gasteiger partial charge is 0.280 e. The summed E-state index contributed by atoms with van der Waals surface area (Å²) < 4.78 is 41.0. The smallest absolute Gasteiger partial charge is 0.268 e. The Hall–Kier alpha value is -2.65. The number of carbonyl (C=O) groups is 2. The van der Waals surface area contributed by atoms with Crippen molar-refractivity contribution in [3.63, 3.8) is 0 Å². The van der Waals surface area contributed by atoms with Crippen molar-refractivity contribution in [1.29, 1.82) is 0 Å². The molecule has 2 heterocycles. The van der Waals surface area contributed by atoms with Crippen molar-refractivity contribution in [2.45, 2.75) is 31.3 Å². The van der Waals surface area contributed by atoms with Crippen LogP contribution in [0.4, 0.5) is 4.39 Å². The number of pyridine rings is 1. The minimum atomic E-state index is -4.01. The van der Waals surface area contributed by atoms with Gasteiger partial charge in [-0.25, -0.2) is 17.5 Å². The van der Waals surface area contributed by atoms with Crippen molar-refractivity contribution in [2.24, 2.45) is 0 Å². The summed E-state index contributed by atoms with van der Waals surface area (Å²) in [6, 6.07) is 5.82. The quantitative estimate of drug-likeness (QED) is 0.800. The number of carbonyl (C=O) groups excluding carboxylic acids is 2. The second-order valence-electron chi connectivity index (χ2n) is 6.12. The summed E-state index contributed by atoms with van der Waals surface area (Å²) in [6.07, 6.45) is 1.40. The van der Waals surface area contributed by atoms with Gasteiger partial charge in [-0.15, -0.1) is 0 Å². The molecule has 0 radical (unpaired) electrons. The normalized spacial score (nSPS) is 14.2. The van der Waals surface area contributed by atoms with E-state index in [1.54, 1.807) is 13.8 Å². The fourth-order valence-electron chi connectivity index (χ4n) is 2.71. The molecule has 0 bridgehead atoms. The second-order valence-corrected chi connectivity index (χ2v) is 7.81. The fourth-order valence-corrected chi connectivity index (χ4v) is 4.20. The number of sulfonamides is 1. The van der Waals surface area contributed by atoms with Gasteiger partial charge >= 0.3 is 0 Å². The van der Waals surface area contributed by atoms with Crippen molar-refractivity contribution in [2.75, 3.05) is 0 Å². The molecule has 3 rings (SSSR count). The van der Waals surface area contributed by atoms with Crippen molar-refractivity contribution < 1.29 is 22.4 Å². The molecule has 1 aliphatic heterocycles. The monoisotopic (exact) mass is 377 g/mol. The number of nitrogens with one attached hydrogen (secondary N) is 1. The first-order chi connectivity index (χ1) is 12.2. The number of benzene rings is 1. The van der Waals surface area contributed by atoms with Gasteiger partial charge in [0.2, 0.25) is 10.0 Å². The topological polar surface area (TPSA) is 96.4 Å². The lowest BCUT2D eigenvalue weighted by molar-refractivity contribution is 0.0639. The van der Waals surface area contributed by atoms with E-state index in [1.165, 1.54) is 24.4 Å². The lowest BCUT2D eigenvalue weighted by atomic mass is 10.2. The number of imide groups is 1. The molecule has 9 heteroatoms. The average molecular weight is 377 g/mol. The van der Waals surface area contributed by atoms with Gasteiger partial charge in [0.1, 0.15) is 11.5 Å². The number of hydrogen-bond acceptors (Lipinski definition) is 5. The molecule has 0 saturated carbocycles. The summed E-state index contributed by atoms with van der Waals surface area (Å²) in [5.41, 5.74) is 0.308. The molecule has 0 saturated heterocycles. The van der Waals surface area contributed by atoms with Gasteiger partial charge in [-0.1, -0.05) is 6.07 Å². The number of hydrogen-bond donors (Lipinski definition) is 1. The van der Waals surface area contributed by atoms with Crippen LogP contribution < -0.4 is 4.72 Å². The minimum Gasteiger partial charge on any atom is -0.268 e. The summed E-state index contributed by atoms with van der Waals surface area (Å²) in [4.78, 5) is 29.4. The molecule has 0 aliphatic carbocycles. The first-order valence-electron chi connectivity index (χ1n) is 7.82. The van der Waals surface area contributed by atoms with Crippen molar-refractivity contribution in [3.05, 3.63) is 59.2 Å². The number of fused-ring (bicyclic) bond motifs is 1. The molecular formula is C17H16FN3O4S. The van der Waals surface area contributed by atoms with E-state index in [1.807, 2.05) is 0 Å². The summed E-state index contributed by atoms with van der Waals surface area (Å²) in [5, 5.41) is 0. The Kier molecular flexibility index (Phi) is 4.59. The van der Waals surface area contributed by atoms with Crippen LogP contribution in [-0.4, -0.2) is 36.2 Å². The van der Waals surface area contributed by atoms with E-state index < -0.39 is 33.7 Å². The third-order valence-electron chi connectivity index (χ3n) is 3.77. The maximum atomic E-state index is 13.6. The molecular weight excluding hydrogens is 361 g/mol. The maximum absolute atomic E-state index is 13.6. The van der Waals surface area contributed by atoms with Gasteiger partial charge in [0.05, 0.1) is 17.0 Å². The van der Waals surface area contributed by atoms with E-state index in [4.69, 9.17) is 0 Å². The molecule has 136 valence electrons. The van der Waals surface area contributed by atoms with Crippen LogP contribution in [-0.2, 0) is 16.6 Å². The third-order valence-corrected chi connectivity index (χ3v) is 5.51. The van der Waals surface area contributed by atoms with Crippen LogP contribution >= 0.6 is 0 Å². The zero-order chi connectivity index (χ0) is 19.1. The maximum Gasteiger partial charge on any atom is 0.280 e. The van der Waals surface area contributed by atoms with E-state index in [0.717, 1.165) is 17.0 Å². The highest BCUT2D eigenvalue weighted by molar-refractivity contribution is 7.89. The summed E-state index contributed by atoms with van der Waals surface area (Å²) in [6.45, 7) is 2.96. The number of rotatable bonds is 5. The van der Waals surface area contributed by atoms with Gasteiger partial charge in [-0.2, -0.15) is 0 Å². The fraction of sp³-hybridized carbons (Fsp3) is 0.235. The van der Waals surface area contributed by atoms with E-state index in [0.29, 0.717) is 0 Å². The highest BCUT2D eigenvalue weighted by Crippen LogP contribution is 2.25. The Morgan fingerprint density at radius 3 is 2.58 bits per heavy atom. The molecule has 1 aliphatic rings. The molecule has 7 nitrogen and oxygen atoms in total. The zero-order valence-corrected chi connectivity index (χ0v) is 14.9.